The van der Waals surface area contributed by atoms with Gasteiger partial charge in [-0.15, -0.1) is 13.2 Å². The van der Waals surface area contributed by atoms with E-state index in [0.717, 1.165) is 11.2 Å². The van der Waals surface area contributed by atoms with Crippen LogP contribution in [0, 0.1) is 0 Å². The Morgan fingerprint density at radius 2 is 2.06 bits per heavy atom. The molecule has 0 unspecified atom stereocenters. The zero-order valence-electron chi connectivity index (χ0n) is 17.1. The number of aryl methyl sites for hydroxylation is 1. The average molecular weight is 447 g/mol. The van der Waals surface area contributed by atoms with Crippen LogP contribution in [0.4, 0.5) is 13.2 Å². The van der Waals surface area contributed by atoms with Gasteiger partial charge in [0.15, 0.2) is 0 Å². The standard InChI is InChI=1S/C21H20F3N5O3/c1-28-14(9-13-10-15(3-4-18(13)28)32-21(22,23)24)11-29-12-16-17(27-29)5-7-25-19(16)20(31)26-6-2-8-30/h3-5,7,9-10,12,30H,2,6,8,11H2,1H3,(H,26,31). The van der Waals surface area contributed by atoms with Crippen LogP contribution in [0.2, 0.25) is 0 Å². The number of rotatable bonds is 7. The van der Waals surface area contributed by atoms with Gasteiger partial charge < -0.3 is 19.7 Å². The molecule has 4 aromatic rings. The van der Waals surface area contributed by atoms with E-state index in [1.165, 1.54) is 18.3 Å². The van der Waals surface area contributed by atoms with E-state index < -0.39 is 6.36 Å². The molecule has 4 rings (SSSR count). The molecule has 0 saturated heterocycles. The van der Waals surface area contributed by atoms with Crippen molar-refractivity contribution in [3.05, 3.63) is 54.1 Å². The Kier molecular flexibility index (Phi) is 5.74. The lowest BCUT2D eigenvalue weighted by molar-refractivity contribution is -0.274. The van der Waals surface area contributed by atoms with Crippen LogP contribution in [-0.4, -0.2) is 49.9 Å². The molecule has 0 aliphatic carbocycles. The zero-order valence-corrected chi connectivity index (χ0v) is 17.1. The number of carbonyl (C=O) groups excluding carboxylic acids is 1. The molecular weight excluding hydrogens is 427 g/mol. The Morgan fingerprint density at radius 3 is 2.81 bits per heavy atom. The van der Waals surface area contributed by atoms with Gasteiger partial charge in [-0.05, 0) is 36.8 Å². The van der Waals surface area contributed by atoms with Gasteiger partial charge in [0.25, 0.3) is 5.91 Å². The van der Waals surface area contributed by atoms with Crippen LogP contribution in [0.25, 0.3) is 21.8 Å². The van der Waals surface area contributed by atoms with Gasteiger partial charge in [0, 0.05) is 49.2 Å². The third-order valence-electron chi connectivity index (χ3n) is 4.99. The topological polar surface area (TPSA) is 94.2 Å². The fourth-order valence-corrected chi connectivity index (χ4v) is 3.52. The van der Waals surface area contributed by atoms with Crippen molar-refractivity contribution in [3.8, 4) is 5.75 Å². The summed E-state index contributed by atoms with van der Waals surface area (Å²) < 4.78 is 45.0. The van der Waals surface area contributed by atoms with Crippen LogP contribution in [0.3, 0.4) is 0 Å². The molecule has 1 aromatic carbocycles. The summed E-state index contributed by atoms with van der Waals surface area (Å²) in [6.45, 7) is 0.642. The van der Waals surface area contributed by atoms with Crippen LogP contribution in [0.15, 0.2) is 42.7 Å². The lowest BCUT2D eigenvalue weighted by Gasteiger charge is -2.08. The average Bonchev–Trinajstić information content (AvgIpc) is 3.27. The molecule has 3 aromatic heterocycles. The molecule has 0 saturated carbocycles. The number of aliphatic hydroxyl groups is 1. The van der Waals surface area contributed by atoms with Crippen LogP contribution >= 0.6 is 0 Å². The number of aromatic nitrogens is 4. The van der Waals surface area contributed by atoms with E-state index in [4.69, 9.17) is 5.11 Å². The highest BCUT2D eigenvalue weighted by atomic mass is 19.4. The minimum atomic E-state index is -4.75. The second kappa shape index (κ2) is 8.50. The summed E-state index contributed by atoms with van der Waals surface area (Å²) in [5, 5.41) is 17.2. The fraction of sp³-hybridized carbons (Fsp3) is 0.286. The van der Waals surface area contributed by atoms with Gasteiger partial charge in [0.1, 0.15) is 11.4 Å². The number of fused-ring (bicyclic) bond motifs is 2. The van der Waals surface area contributed by atoms with Crippen molar-refractivity contribution >= 4 is 27.7 Å². The van der Waals surface area contributed by atoms with E-state index in [1.54, 1.807) is 29.1 Å². The number of benzene rings is 1. The summed E-state index contributed by atoms with van der Waals surface area (Å²) in [6.07, 6.45) is -1.10. The smallest absolute Gasteiger partial charge is 0.406 e. The highest BCUT2D eigenvalue weighted by Gasteiger charge is 2.31. The monoisotopic (exact) mass is 447 g/mol. The molecule has 32 heavy (non-hydrogen) atoms. The summed E-state index contributed by atoms with van der Waals surface area (Å²) in [4.78, 5) is 16.6. The number of pyridine rings is 1. The quantitative estimate of drug-likeness (QED) is 0.425. The van der Waals surface area contributed by atoms with Crippen LogP contribution in [0.5, 0.6) is 5.75 Å². The highest BCUT2D eigenvalue weighted by molar-refractivity contribution is 6.04. The van der Waals surface area contributed by atoms with Gasteiger partial charge in [-0.25, -0.2) is 0 Å². The predicted octanol–water partition coefficient (Wildman–Crippen LogP) is 2.98. The maximum atomic E-state index is 12.5. The molecule has 3 heterocycles. The summed E-state index contributed by atoms with van der Waals surface area (Å²) in [6, 6.07) is 7.64. The molecule has 11 heteroatoms. The van der Waals surface area contributed by atoms with Crippen molar-refractivity contribution in [3.63, 3.8) is 0 Å². The molecule has 8 nitrogen and oxygen atoms in total. The third-order valence-corrected chi connectivity index (χ3v) is 4.99. The Hall–Kier alpha value is -3.60. The van der Waals surface area contributed by atoms with Gasteiger partial charge in [0.05, 0.1) is 17.4 Å². The summed E-state index contributed by atoms with van der Waals surface area (Å²) >= 11 is 0. The lowest BCUT2D eigenvalue weighted by Crippen LogP contribution is -2.26. The zero-order chi connectivity index (χ0) is 22.9. The van der Waals surface area contributed by atoms with Gasteiger partial charge in [-0.1, -0.05) is 0 Å². The van der Waals surface area contributed by atoms with Crippen LogP contribution in [0.1, 0.15) is 22.6 Å². The first kappa shape index (κ1) is 21.6. The van der Waals surface area contributed by atoms with Crippen molar-refractivity contribution in [2.45, 2.75) is 19.3 Å². The van der Waals surface area contributed by atoms with E-state index in [1.807, 2.05) is 11.6 Å². The second-order valence-corrected chi connectivity index (χ2v) is 7.22. The Labute approximate surface area is 180 Å². The summed E-state index contributed by atoms with van der Waals surface area (Å²) in [7, 11) is 1.81. The minimum absolute atomic E-state index is 0.0231. The number of carbonyl (C=O) groups is 1. The predicted molar refractivity (Wildman–Crippen MR) is 110 cm³/mol. The molecule has 0 spiro atoms. The number of ether oxygens (including phenoxy) is 1. The van der Waals surface area contributed by atoms with E-state index in [-0.39, 0.29) is 24.0 Å². The molecule has 2 N–H and O–H groups in total. The van der Waals surface area contributed by atoms with Crippen molar-refractivity contribution in [2.75, 3.05) is 13.2 Å². The highest BCUT2D eigenvalue weighted by Crippen LogP contribution is 2.28. The Balaban J connectivity index is 1.61. The summed E-state index contributed by atoms with van der Waals surface area (Å²) in [5.74, 6) is -0.639. The van der Waals surface area contributed by atoms with E-state index in [9.17, 15) is 18.0 Å². The van der Waals surface area contributed by atoms with Crippen LogP contribution in [-0.2, 0) is 13.6 Å². The number of amides is 1. The van der Waals surface area contributed by atoms with Gasteiger partial charge >= 0.3 is 6.36 Å². The maximum Gasteiger partial charge on any atom is 0.573 e. The van der Waals surface area contributed by atoms with Crippen molar-refractivity contribution in [1.29, 1.82) is 0 Å². The summed E-state index contributed by atoms with van der Waals surface area (Å²) in [5.41, 5.74) is 2.38. The van der Waals surface area contributed by atoms with Crippen molar-refractivity contribution in [2.24, 2.45) is 7.05 Å². The number of halogens is 3. The molecule has 1 amide bonds. The first-order valence-electron chi connectivity index (χ1n) is 9.80. The van der Waals surface area contributed by atoms with E-state index in [0.29, 0.717) is 35.8 Å². The first-order valence-corrected chi connectivity index (χ1v) is 9.80. The molecule has 0 atom stereocenters. The van der Waals surface area contributed by atoms with E-state index >= 15 is 0 Å². The lowest BCUT2D eigenvalue weighted by atomic mass is 10.2. The number of hydrogen-bond acceptors (Lipinski definition) is 5. The van der Waals surface area contributed by atoms with Gasteiger partial charge in [0.2, 0.25) is 0 Å². The first-order chi connectivity index (χ1) is 15.2. The van der Waals surface area contributed by atoms with Crippen molar-refractivity contribution in [1.82, 2.24) is 24.6 Å². The minimum Gasteiger partial charge on any atom is -0.406 e. The molecule has 0 aliphatic heterocycles. The van der Waals surface area contributed by atoms with E-state index in [2.05, 4.69) is 20.1 Å². The molecular formula is C21H20F3N5O3. The fourth-order valence-electron chi connectivity index (χ4n) is 3.52. The maximum absolute atomic E-state index is 12.5. The number of hydrogen-bond donors (Lipinski definition) is 2. The van der Waals surface area contributed by atoms with Crippen molar-refractivity contribution < 1.29 is 27.8 Å². The Morgan fingerprint density at radius 1 is 1.25 bits per heavy atom. The SMILES string of the molecule is Cn1c(Cn2cc3c(C(=O)NCCCO)nccc3n2)cc2cc(OC(F)(F)F)ccc21. The third kappa shape index (κ3) is 4.52. The molecule has 168 valence electrons. The van der Waals surface area contributed by atoms with Gasteiger partial charge in [-0.2, -0.15) is 5.10 Å². The molecule has 0 fully saturated rings. The number of nitrogens with one attached hydrogen (secondary N) is 1. The Bertz CT molecular complexity index is 1280. The molecule has 0 bridgehead atoms. The number of nitrogens with zero attached hydrogens (tertiary/aromatic N) is 4. The number of alkyl halides is 3. The normalized spacial score (nSPS) is 11.9. The second-order valence-electron chi connectivity index (χ2n) is 7.22. The largest absolute Gasteiger partial charge is 0.573 e. The molecule has 0 aliphatic rings. The molecule has 0 radical (unpaired) electrons. The number of aliphatic hydroxyl groups excluding tert-OH is 1. The van der Waals surface area contributed by atoms with Crippen LogP contribution < -0.4 is 10.1 Å². The van der Waals surface area contributed by atoms with Gasteiger partial charge in [-0.3, -0.25) is 14.5 Å².